The smallest absolute Gasteiger partial charge is 0.125 e. The molecule has 1 N–H and O–H groups in total. The van der Waals surface area contributed by atoms with Gasteiger partial charge in [-0.3, -0.25) is 4.90 Å². The quantitative estimate of drug-likeness (QED) is 0.838. The summed E-state index contributed by atoms with van der Waals surface area (Å²) in [6.07, 6.45) is 6.60. The third-order valence-electron chi connectivity index (χ3n) is 3.92. The van der Waals surface area contributed by atoms with Crippen LogP contribution in [0.3, 0.4) is 0 Å². The van der Waals surface area contributed by atoms with Gasteiger partial charge in [0.15, 0.2) is 0 Å². The van der Waals surface area contributed by atoms with Crippen LogP contribution in [0.15, 0.2) is 24.3 Å². The van der Waals surface area contributed by atoms with Gasteiger partial charge in [0, 0.05) is 24.8 Å². The first kappa shape index (κ1) is 14.3. The van der Waals surface area contributed by atoms with Gasteiger partial charge in [0.05, 0.1) is 0 Å². The van der Waals surface area contributed by atoms with E-state index in [2.05, 4.69) is 17.1 Å². The Balaban J connectivity index is 1.77. The minimum atomic E-state index is -0.174. The average molecular weight is 264 g/mol. The van der Waals surface area contributed by atoms with E-state index >= 15 is 0 Å². The number of nitrogens with zero attached hydrogens (tertiary/aromatic N) is 1. The van der Waals surface area contributed by atoms with Crippen LogP contribution in [0.25, 0.3) is 0 Å². The Bertz CT molecular complexity index is 379. The van der Waals surface area contributed by atoms with Crippen molar-refractivity contribution in [1.29, 1.82) is 0 Å². The zero-order chi connectivity index (χ0) is 13.5. The summed E-state index contributed by atoms with van der Waals surface area (Å²) in [7, 11) is 0. The fraction of sp³-hybridized carbons (Fsp3) is 0.625. The van der Waals surface area contributed by atoms with Crippen molar-refractivity contribution in [3.8, 4) is 0 Å². The lowest BCUT2D eigenvalue weighted by Crippen LogP contribution is -2.41. The Morgan fingerprint density at radius 2 is 2.26 bits per heavy atom. The Kier molecular flexibility index (Phi) is 5.64. The van der Waals surface area contributed by atoms with Gasteiger partial charge in [0.2, 0.25) is 0 Å². The molecule has 1 aliphatic heterocycles. The predicted octanol–water partition coefficient (Wildman–Crippen LogP) is 3.89. The van der Waals surface area contributed by atoms with E-state index in [0.717, 1.165) is 24.8 Å². The molecule has 1 aromatic carbocycles. The molecule has 1 heterocycles. The maximum Gasteiger partial charge on any atom is 0.125 e. The van der Waals surface area contributed by atoms with E-state index in [1.54, 1.807) is 12.1 Å². The fourth-order valence-corrected chi connectivity index (χ4v) is 2.96. The Hall–Kier alpha value is -1.09. The lowest BCUT2D eigenvalue weighted by molar-refractivity contribution is 0.145. The van der Waals surface area contributed by atoms with Gasteiger partial charge in [-0.25, -0.2) is 4.39 Å². The van der Waals surface area contributed by atoms with Crippen LogP contribution in [-0.2, 0) is 0 Å². The standard InChI is InChI=1S/C16H25FN2/c1-2-6-16-9-3-4-11-19(16)12-10-18-15-8-5-7-14(17)13-15/h5,7-8,13,16,18H,2-4,6,9-12H2,1H3. The molecule has 1 atom stereocenters. The molecule has 3 heteroatoms. The van der Waals surface area contributed by atoms with Crippen LogP contribution < -0.4 is 5.32 Å². The molecule has 0 aliphatic carbocycles. The van der Waals surface area contributed by atoms with Crippen molar-refractivity contribution in [3.05, 3.63) is 30.1 Å². The van der Waals surface area contributed by atoms with Crippen LogP contribution in [-0.4, -0.2) is 30.6 Å². The molecule has 2 rings (SSSR count). The zero-order valence-electron chi connectivity index (χ0n) is 11.9. The first-order chi connectivity index (χ1) is 9.29. The first-order valence-electron chi connectivity index (χ1n) is 7.53. The summed E-state index contributed by atoms with van der Waals surface area (Å²) < 4.78 is 13.1. The SMILES string of the molecule is CCCC1CCCCN1CCNc1cccc(F)c1. The van der Waals surface area contributed by atoms with Crippen LogP contribution >= 0.6 is 0 Å². The van der Waals surface area contributed by atoms with Gasteiger partial charge in [0.1, 0.15) is 5.82 Å². The molecule has 1 saturated heterocycles. The summed E-state index contributed by atoms with van der Waals surface area (Å²) >= 11 is 0. The normalized spacial score (nSPS) is 20.4. The van der Waals surface area contributed by atoms with Crippen LogP contribution in [0, 0.1) is 5.82 Å². The molecule has 19 heavy (non-hydrogen) atoms. The fourth-order valence-electron chi connectivity index (χ4n) is 2.96. The summed E-state index contributed by atoms with van der Waals surface area (Å²) in [5.74, 6) is -0.174. The van der Waals surface area contributed by atoms with Gasteiger partial charge in [-0.15, -0.1) is 0 Å². The molecule has 0 amide bonds. The van der Waals surface area contributed by atoms with E-state index in [4.69, 9.17) is 0 Å². The van der Waals surface area contributed by atoms with Crippen molar-refractivity contribution in [2.75, 3.05) is 25.0 Å². The van der Waals surface area contributed by atoms with Crippen molar-refractivity contribution in [1.82, 2.24) is 4.90 Å². The number of likely N-dealkylation sites (tertiary alicyclic amines) is 1. The third-order valence-corrected chi connectivity index (χ3v) is 3.92. The Morgan fingerprint density at radius 1 is 1.37 bits per heavy atom. The molecule has 0 bridgehead atoms. The molecular formula is C16H25FN2. The molecule has 1 aromatic rings. The summed E-state index contributed by atoms with van der Waals surface area (Å²) in [6.45, 7) is 5.43. The number of rotatable bonds is 6. The lowest BCUT2D eigenvalue weighted by atomic mass is 9.98. The van der Waals surface area contributed by atoms with E-state index in [9.17, 15) is 4.39 Å². The molecule has 0 spiro atoms. The highest BCUT2D eigenvalue weighted by Gasteiger charge is 2.20. The first-order valence-corrected chi connectivity index (χ1v) is 7.53. The highest BCUT2D eigenvalue weighted by Crippen LogP contribution is 2.20. The number of anilines is 1. The maximum atomic E-state index is 13.1. The number of piperidine rings is 1. The van der Waals surface area contributed by atoms with Crippen molar-refractivity contribution in [2.45, 2.75) is 45.1 Å². The number of benzene rings is 1. The average Bonchev–Trinajstić information content (AvgIpc) is 2.41. The Labute approximate surface area is 116 Å². The molecule has 2 nitrogen and oxygen atoms in total. The van der Waals surface area contributed by atoms with E-state index in [1.807, 2.05) is 6.07 Å². The summed E-state index contributed by atoms with van der Waals surface area (Å²) in [4.78, 5) is 2.60. The number of halogens is 1. The molecule has 0 aromatic heterocycles. The second-order valence-electron chi connectivity index (χ2n) is 5.41. The summed E-state index contributed by atoms with van der Waals surface area (Å²) in [5, 5.41) is 3.31. The van der Waals surface area contributed by atoms with Gasteiger partial charge in [-0.05, 0) is 44.0 Å². The largest absolute Gasteiger partial charge is 0.384 e. The highest BCUT2D eigenvalue weighted by molar-refractivity contribution is 5.42. The van der Waals surface area contributed by atoms with Crippen LogP contribution in [0.5, 0.6) is 0 Å². The Morgan fingerprint density at radius 3 is 3.05 bits per heavy atom. The van der Waals surface area contributed by atoms with Gasteiger partial charge in [-0.2, -0.15) is 0 Å². The van der Waals surface area contributed by atoms with E-state index < -0.39 is 0 Å². The number of hydrogen-bond acceptors (Lipinski definition) is 2. The molecule has 0 saturated carbocycles. The van der Waals surface area contributed by atoms with Crippen LogP contribution in [0.1, 0.15) is 39.0 Å². The van der Waals surface area contributed by atoms with Crippen LogP contribution in [0.4, 0.5) is 10.1 Å². The second kappa shape index (κ2) is 7.49. The summed E-state index contributed by atoms with van der Waals surface area (Å²) in [5.41, 5.74) is 0.879. The maximum absolute atomic E-state index is 13.1. The molecule has 1 unspecified atom stereocenters. The number of nitrogens with one attached hydrogen (secondary N) is 1. The van der Waals surface area contributed by atoms with E-state index in [0.29, 0.717) is 0 Å². The van der Waals surface area contributed by atoms with Crippen LogP contribution in [0.2, 0.25) is 0 Å². The predicted molar refractivity (Wildman–Crippen MR) is 79.0 cm³/mol. The van der Waals surface area contributed by atoms with E-state index in [1.165, 1.54) is 44.7 Å². The van der Waals surface area contributed by atoms with Crippen molar-refractivity contribution < 1.29 is 4.39 Å². The van der Waals surface area contributed by atoms with Gasteiger partial charge in [-0.1, -0.05) is 25.8 Å². The van der Waals surface area contributed by atoms with Crippen molar-refractivity contribution >= 4 is 5.69 Å². The van der Waals surface area contributed by atoms with Gasteiger partial charge in [0.25, 0.3) is 0 Å². The minimum absolute atomic E-state index is 0.174. The lowest BCUT2D eigenvalue weighted by Gasteiger charge is -2.35. The third kappa shape index (κ3) is 4.50. The topological polar surface area (TPSA) is 15.3 Å². The molecule has 1 aliphatic rings. The van der Waals surface area contributed by atoms with Crippen molar-refractivity contribution in [3.63, 3.8) is 0 Å². The van der Waals surface area contributed by atoms with Crippen molar-refractivity contribution in [2.24, 2.45) is 0 Å². The molecular weight excluding hydrogens is 239 g/mol. The monoisotopic (exact) mass is 264 g/mol. The van der Waals surface area contributed by atoms with E-state index in [-0.39, 0.29) is 5.82 Å². The van der Waals surface area contributed by atoms with Gasteiger partial charge >= 0.3 is 0 Å². The molecule has 106 valence electrons. The molecule has 0 radical (unpaired) electrons. The second-order valence-corrected chi connectivity index (χ2v) is 5.41. The minimum Gasteiger partial charge on any atom is -0.384 e. The molecule has 1 fully saturated rings. The van der Waals surface area contributed by atoms with Gasteiger partial charge < -0.3 is 5.32 Å². The summed E-state index contributed by atoms with van der Waals surface area (Å²) in [6, 6.07) is 7.46. The zero-order valence-corrected chi connectivity index (χ0v) is 11.9. The highest BCUT2D eigenvalue weighted by atomic mass is 19.1. The number of hydrogen-bond donors (Lipinski definition) is 1.